The molecule has 0 unspecified atom stereocenters. The minimum atomic E-state index is 0.487. The van der Waals surface area contributed by atoms with E-state index in [1.807, 2.05) is 18.2 Å². The summed E-state index contributed by atoms with van der Waals surface area (Å²) in [5.41, 5.74) is 1.30. The molecule has 0 amide bonds. The first kappa shape index (κ1) is 13.7. The van der Waals surface area contributed by atoms with Gasteiger partial charge >= 0.3 is 0 Å². The second-order valence-corrected chi connectivity index (χ2v) is 4.93. The molecule has 102 valence electrons. The molecule has 0 aliphatic heterocycles. The van der Waals surface area contributed by atoms with Gasteiger partial charge in [0.1, 0.15) is 0 Å². The summed E-state index contributed by atoms with van der Waals surface area (Å²) in [6.45, 7) is 5.12. The predicted octanol–water partition coefficient (Wildman–Crippen LogP) is 2.40. The Morgan fingerprint density at radius 2 is 1.68 bits per heavy atom. The summed E-state index contributed by atoms with van der Waals surface area (Å²) in [7, 11) is 0. The van der Waals surface area contributed by atoms with Crippen LogP contribution in [-0.2, 0) is 19.3 Å². The number of rotatable bonds is 7. The summed E-state index contributed by atoms with van der Waals surface area (Å²) in [6.07, 6.45) is 2.53. The quantitative estimate of drug-likeness (QED) is 0.829. The highest BCUT2D eigenvalue weighted by atomic mass is 16.4. The molecule has 1 aromatic carbocycles. The van der Waals surface area contributed by atoms with E-state index < -0.39 is 0 Å². The van der Waals surface area contributed by atoms with Gasteiger partial charge < -0.3 is 9.73 Å². The van der Waals surface area contributed by atoms with Gasteiger partial charge in [0.2, 0.25) is 11.8 Å². The van der Waals surface area contributed by atoms with E-state index in [4.69, 9.17) is 4.42 Å². The van der Waals surface area contributed by atoms with E-state index in [1.165, 1.54) is 5.56 Å². The molecule has 0 bridgehead atoms. The van der Waals surface area contributed by atoms with Gasteiger partial charge in [-0.1, -0.05) is 44.2 Å². The summed E-state index contributed by atoms with van der Waals surface area (Å²) in [6, 6.07) is 10.8. The zero-order chi connectivity index (χ0) is 13.5. The molecule has 0 aliphatic rings. The minimum Gasteiger partial charge on any atom is -0.425 e. The van der Waals surface area contributed by atoms with Gasteiger partial charge in [-0.2, -0.15) is 0 Å². The van der Waals surface area contributed by atoms with Crippen LogP contribution in [0.4, 0.5) is 0 Å². The molecule has 1 N–H and O–H groups in total. The van der Waals surface area contributed by atoms with Crippen molar-refractivity contribution in [3.63, 3.8) is 0 Å². The third-order valence-electron chi connectivity index (χ3n) is 2.87. The molecule has 0 aliphatic carbocycles. The van der Waals surface area contributed by atoms with Crippen molar-refractivity contribution in [1.82, 2.24) is 15.5 Å². The molecule has 0 fully saturated rings. The maximum atomic E-state index is 5.62. The largest absolute Gasteiger partial charge is 0.425 e. The standard InChI is InChI=1S/C15H21N3O/c1-12(2)16-11-10-15-18-17-14(19-15)9-8-13-6-4-3-5-7-13/h3-7,12,16H,8-11H2,1-2H3. The Bertz CT molecular complexity index is 479. The zero-order valence-corrected chi connectivity index (χ0v) is 11.6. The first-order valence-corrected chi connectivity index (χ1v) is 6.82. The Kier molecular flexibility index (Phi) is 5.10. The van der Waals surface area contributed by atoms with Crippen LogP contribution in [0, 0.1) is 0 Å². The van der Waals surface area contributed by atoms with E-state index in [0.717, 1.165) is 37.6 Å². The fourth-order valence-electron chi connectivity index (χ4n) is 1.85. The van der Waals surface area contributed by atoms with Crippen LogP contribution in [0.1, 0.15) is 31.2 Å². The third-order valence-corrected chi connectivity index (χ3v) is 2.87. The highest BCUT2D eigenvalue weighted by molar-refractivity contribution is 5.15. The number of benzene rings is 1. The number of nitrogens with zero attached hydrogens (tertiary/aromatic N) is 2. The van der Waals surface area contributed by atoms with Crippen molar-refractivity contribution < 1.29 is 4.42 Å². The van der Waals surface area contributed by atoms with Crippen molar-refractivity contribution in [2.75, 3.05) is 6.54 Å². The molecule has 2 rings (SSSR count). The molecule has 0 radical (unpaired) electrons. The molecule has 1 heterocycles. The Hall–Kier alpha value is -1.68. The summed E-state index contributed by atoms with van der Waals surface area (Å²) < 4.78 is 5.62. The maximum Gasteiger partial charge on any atom is 0.217 e. The fraction of sp³-hybridized carbons (Fsp3) is 0.467. The van der Waals surface area contributed by atoms with Crippen LogP contribution < -0.4 is 5.32 Å². The lowest BCUT2D eigenvalue weighted by atomic mass is 10.1. The topological polar surface area (TPSA) is 51.0 Å². The molecule has 0 spiro atoms. The summed E-state index contributed by atoms with van der Waals surface area (Å²) >= 11 is 0. The van der Waals surface area contributed by atoms with Crippen LogP contribution in [0.2, 0.25) is 0 Å². The van der Waals surface area contributed by atoms with Crippen LogP contribution in [0.3, 0.4) is 0 Å². The van der Waals surface area contributed by atoms with Gasteiger partial charge in [0, 0.05) is 25.4 Å². The first-order chi connectivity index (χ1) is 9.24. The smallest absolute Gasteiger partial charge is 0.217 e. The Balaban J connectivity index is 1.77. The number of hydrogen-bond acceptors (Lipinski definition) is 4. The van der Waals surface area contributed by atoms with Crippen molar-refractivity contribution in [2.24, 2.45) is 0 Å². The SMILES string of the molecule is CC(C)NCCc1nnc(CCc2ccccc2)o1. The fourth-order valence-corrected chi connectivity index (χ4v) is 1.85. The average Bonchev–Trinajstić information content (AvgIpc) is 2.85. The zero-order valence-electron chi connectivity index (χ0n) is 11.6. The lowest BCUT2D eigenvalue weighted by Crippen LogP contribution is -2.25. The monoisotopic (exact) mass is 259 g/mol. The second-order valence-electron chi connectivity index (χ2n) is 4.93. The van der Waals surface area contributed by atoms with Crippen molar-refractivity contribution in [3.8, 4) is 0 Å². The molecule has 4 heteroatoms. The van der Waals surface area contributed by atoms with Gasteiger partial charge in [-0.15, -0.1) is 10.2 Å². The summed E-state index contributed by atoms with van der Waals surface area (Å²) in [5, 5.41) is 11.5. The number of hydrogen-bond donors (Lipinski definition) is 1. The van der Waals surface area contributed by atoms with Gasteiger partial charge in [-0.25, -0.2) is 0 Å². The number of nitrogens with one attached hydrogen (secondary N) is 1. The lowest BCUT2D eigenvalue weighted by Gasteiger charge is -2.04. The van der Waals surface area contributed by atoms with Gasteiger partial charge in [-0.3, -0.25) is 0 Å². The Morgan fingerprint density at radius 1 is 1.00 bits per heavy atom. The van der Waals surface area contributed by atoms with E-state index in [9.17, 15) is 0 Å². The molecular formula is C15H21N3O. The number of aromatic nitrogens is 2. The Morgan fingerprint density at radius 3 is 2.37 bits per heavy atom. The van der Waals surface area contributed by atoms with Crippen molar-refractivity contribution in [1.29, 1.82) is 0 Å². The van der Waals surface area contributed by atoms with E-state index in [2.05, 4.69) is 41.5 Å². The lowest BCUT2D eigenvalue weighted by molar-refractivity contribution is 0.439. The van der Waals surface area contributed by atoms with Crippen LogP contribution in [-0.4, -0.2) is 22.8 Å². The van der Waals surface area contributed by atoms with Gasteiger partial charge in [0.05, 0.1) is 0 Å². The van der Waals surface area contributed by atoms with E-state index >= 15 is 0 Å². The molecule has 0 saturated heterocycles. The molecule has 2 aromatic rings. The molecule has 0 atom stereocenters. The maximum absolute atomic E-state index is 5.62. The normalized spacial score (nSPS) is 11.1. The van der Waals surface area contributed by atoms with Gasteiger partial charge in [-0.05, 0) is 12.0 Å². The van der Waals surface area contributed by atoms with Crippen LogP contribution >= 0.6 is 0 Å². The molecular weight excluding hydrogens is 238 g/mol. The van der Waals surface area contributed by atoms with E-state index in [0.29, 0.717) is 6.04 Å². The van der Waals surface area contributed by atoms with Gasteiger partial charge in [0.25, 0.3) is 0 Å². The molecule has 4 nitrogen and oxygen atoms in total. The summed E-state index contributed by atoms with van der Waals surface area (Å²) in [4.78, 5) is 0. The van der Waals surface area contributed by atoms with Crippen LogP contribution in [0.25, 0.3) is 0 Å². The predicted molar refractivity (Wildman–Crippen MR) is 75.0 cm³/mol. The van der Waals surface area contributed by atoms with E-state index in [1.54, 1.807) is 0 Å². The highest BCUT2D eigenvalue weighted by Crippen LogP contribution is 2.06. The average molecular weight is 259 g/mol. The highest BCUT2D eigenvalue weighted by Gasteiger charge is 2.06. The minimum absolute atomic E-state index is 0.487. The second kappa shape index (κ2) is 7.04. The van der Waals surface area contributed by atoms with Crippen LogP contribution in [0.5, 0.6) is 0 Å². The summed E-state index contributed by atoms with van der Waals surface area (Å²) in [5.74, 6) is 1.44. The first-order valence-electron chi connectivity index (χ1n) is 6.82. The number of aryl methyl sites for hydroxylation is 2. The van der Waals surface area contributed by atoms with Crippen molar-refractivity contribution in [2.45, 2.75) is 39.2 Å². The van der Waals surface area contributed by atoms with Crippen molar-refractivity contribution in [3.05, 3.63) is 47.7 Å². The van der Waals surface area contributed by atoms with Gasteiger partial charge in [0.15, 0.2) is 0 Å². The third kappa shape index (κ3) is 4.83. The van der Waals surface area contributed by atoms with E-state index in [-0.39, 0.29) is 0 Å². The van der Waals surface area contributed by atoms with Crippen molar-refractivity contribution >= 4 is 0 Å². The van der Waals surface area contributed by atoms with Crippen LogP contribution in [0.15, 0.2) is 34.7 Å². The Labute approximate surface area is 114 Å². The molecule has 1 aromatic heterocycles. The molecule has 0 saturated carbocycles. The molecule has 19 heavy (non-hydrogen) atoms.